The van der Waals surface area contributed by atoms with Gasteiger partial charge in [0.25, 0.3) is 0 Å². The third-order valence-electron chi connectivity index (χ3n) is 7.33. The number of aryl methyl sites for hydroxylation is 1. The summed E-state index contributed by atoms with van der Waals surface area (Å²) in [4.78, 5) is 20.2. The third kappa shape index (κ3) is 5.87. The monoisotopic (exact) mass is 574 g/mol. The first-order valence-corrected chi connectivity index (χ1v) is 13.4. The highest BCUT2D eigenvalue weighted by Crippen LogP contribution is 2.38. The normalized spacial score (nSPS) is 16.0. The van der Waals surface area contributed by atoms with Crippen LogP contribution >= 0.6 is 0 Å². The average molecular weight is 575 g/mol. The minimum atomic E-state index is -4.47. The van der Waals surface area contributed by atoms with Gasteiger partial charge in [0.2, 0.25) is 5.95 Å². The van der Waals surface area contributed by atoms with Gasteiger partial charge >= 0.3 is 6.18 Å². The summed E-state index contributed by atoms with van der Waals surface area (Å²) in [5.41, 5.74) is 0.764. The van der Waals surface area contributed by atoms with Gasteiger partial charge in [0.05, 0.1) is 11.7 Å². The average Bonchev–Trinajstić information content (AvgIpc) is 3.27. The van der Waals surface area contributed by atoms with Crippen LogP contribution in [0.5, 0.6) is 0 Å². The smallest absolute Gasteiger partial charge is 0.326 e. The lowest BCUT2D eigenvalue weighted by Gasteiger charge is -2.39. The van der Waals surface area contributed by atoms with Gasteiger partial charge in [-0.25, -0.2) is 28.7 Å². The van der Waals surface area contributed by atoms with Crippen LogP contribution in [-0.4, -0.2) is 73.2 Å². The van der Waals surface area contributed by atoms with E-state index in [1.54, 1.807) is 13.0 Å². The Morgan fingerprint density at radius 1 is 0.951 bits per heavy atom. The van der Waals surface area contributed by atoms with E-state index in [0.717, 1.165) is 12.7 Å². The number of halogens is 5. The van der Waals surface area contributed by atoms with E-state index < -0.39 is 23.9 Å². The van der Waals surface area contributed by atoms with Crippen molar-refractivity contribution in [3.8, 4) is 11.3 Å². The third-order valence-corrected chi connectivity index (χ3v) is 7.33. The number of fused-ring (bicyclic) bond motifs is 1. The summed E-state index contributed by atoms with van der Waals surface area (Å²) in [6.45, 7) is 10.2. The predicted octanol–water partition coefficient (Wildman–Crippen LogP) is 6.04. The number of anilines is 2. The van der Waals surface area contributed by atoms with E-state index in [-0.39, 0.29) is 40.1 Å². The van der Waals surface area contributed by atoms with Crippen molar-refractivity contribution in [2.45, 2.75) is 46.0 Å². The zero-order valence-electron chi connectivity index (χ0n) is 23.2. The summed E-state index contributed by atoms with van der Waals surface area (Å²) in [6, 6.07) is 3.78. The highest BCUT2D eigenvalue weighted by Gasteiger charge is 2.45. The molecule has 1 fully saturated rings. The van der Waals surface area contributed by atoms with Crippen LogP contribution in [0.4, 0.5) is 33.7 Å². The van der Waals surface area contributed by atoms with Crippen LogP contribution in [0.3, 0.4) is 0 Å². The molecule has 0 unspecified atom stereocenters. The molecule has 1 saturated heterocycles. The Morgan fingerprint density at radius 3 is 2.29 bits per heavy atom. The van der Waals surface area contributed by atoms with E-state index in [2.05, 4.69) is 30.2 Å². The Balaban J connectivity index is 1.40. The second-order valence-corrected chi connectivity index (χ2v) is 10.4. The first kappa shape index (κ1) is 28.8. The zero-order chi connectivity index (χ0) is 29.5. The number of alkyl halides is 3. The van der Waals surface area contributed by atoms with Crippen LogP contribution in [0.15, 0.2) is 36.7 Å². The van der Waals surface area contributed by atoms with E-state index in [9.17, 15) is 22.0 Å². The number of aromatic nitrogens is 5. The lowest BCUT2D eigenvalue weighted by Crippen LogP contribution is -2.50. The molecule has 4 heterocycles. The Morgan fingerprint density at radius 2 is 1.68 bits per heavy atom. The van der Waals surface area contributed by atoms with Gasteiger partial charge in [0, 0.05) is 44.0 Å². The van der Waals surface area contributed by atoms with Crippen LogP contribution in [0.1, 0.15) is 44.2 Å². The molecular weight excluding hydrogens is 543 g/mol. The molecule has 218 valence electrons. The van der Waals surface area contributed by atoms with Gasteiger partial charge in [0.1, 0.15) is 28.9 Å². The molecule has 1 aliphatic rings. The maximum Gasteiger partial charge on any atom is 0.408 e. The molecule has 1 atom stereocenters. The van der Waals surface area contributed by atoms with Gasteiger partial charge in [-0.1, -0.05) is 13.0 Å². The molecule has 0 saturated carbocycles. The van der Waals surface area contributed by atoms with Gasteiger partial charge in [-0.2, -0.15) is 13.2 Å². The van der Waals surface area contributed by atoms with Gasteiger partial charge in [0.15, 0.2) is 11.6 Å². The van der Waals surface area contributed by atoms with Crippen molar-refractivity contribution in [1.82, 2.24) is 34.3 Å². The van der Waals surface area contributed by atoms with Gasteiger partial charge in [-0.05, 0) is 51.1 Å². The zero-order valence-corrected chi connectivity index (χ0v) is 23.2. The van der Waals surface area contributed by atoms with Crippen LogP contribution in [0.2, 0.25) is 0 Å². The molecule has 0 radical (unpaired) electrons. The fourth-order valence-electron chi connectivity index (χ4n) is 5.39. The number of pyridine rings is 1. The SMILES string of the molecule is CCN1CCN([C@H](c2ccc(Nc3ncc(F)c(-c4cc(F)c5nc(C)n(C(C)C)c5c4)n3)nc2)C(F)(F)F)CC1. The van der Waals surface area contributed by atoms with Crippen LogP contribution in [-0.2, 0) is 0 Å². The molecule has 4 aromatic rings. The molecule has 0 amide bonds. The highest BCUT2D eigenvalue weighted by atomic mass is 19.4. The molecule has 41 heavy (non-hydrogen) atoms. The van der Waals surface area contributed by atoms with Crippen molar-refractivity contribution >= 4 is 22.8 Å². The molecule has 5 rings (SSSR count). The number of nitrogens with one attached hydrogen (secondary N) is 1. The Hall–Kier alpha value is -3.71. The summed E-state index contributed by atoms with van der Waals surface area (Å²) in [5.74, 6) is -0.611. The number of piperazine rings is 1. The molecule has 3 aromatic heterocycles. The number of benzene rings is 1. The second-order valence-electron chi connectivity index (χ2n) is 10.4. The predicted molar refractivity (Wildman–Crippen MR) is 146 cm³/mol. The molecule has 1 aliphatic heterocycles. The van der Waals surface area contributed by atoms with E-state index >= 15 is 0 Å². The summed E-state index contributed by atoms with van der Waals surface area (Å²) in [5, 5.41) is 2.81. The lowest BCUT2D eigenvalue weighted by molar-refractivity contribution is -0.190. The standard InChI is InChI=1S/C28H31F5N8/c1-5-39-8-10-40(11-9-39)26(28(31,32)33)18-6-7-23(34-14-18)37-27-35-15-21(30)24(38-27)19-12-20(29)25-22(13-19)41(16(2)3)17(4)36-25/h6-7,12-16,26H,5,8-11H2,1-4H3,(H,34,35,37,38)/t26-/m1/s1. The second kappa shape index (κ2) is 11.3. The van der Waals surface area contributed by atoms with E-state index in [0.29, 0.717) is 37.5 Å². The minimum Gasteiger partial charge on any atom is -0.326 e. The Kier molecular flexibility index (Phi) is 7.93. The fourth-order valence-corrected chi connectivity index (χ4v) is 5.39. The fraction of sp³-hybridized carbons (Fsp3) is 0.429. The van der Waals surface area contributed by atoms with E-state index in [1.807, 2.05) is 25.3 Å². The number of nitrogens with zero attached hydrogens (tertiary/aromatic N) is 7. The van der Waals surface area contributed by atoms with Gasteiger partial charge in [-0.3, -0.25) is 4.90 Å². The van der Waals surface area contributed by atoms with Crippen molar-refractivity contribution in [1.29, 1.82) is 0 Å². The summed E-state index contributed by atoms with van der Waals surface area (Å²) in [7, 11) is 0. The van der Waals surface area contributed by atoms with Gasteiger partial charge < -0.3 is 14.8 Å². The molecule has 1 aromatic carbocycles. The van der Waals surface area contributed by atoms with Gasteiger partial charge in [-0.15, -0.1) is 0 Å². The van der Waals surface area contributed by atoms with Crippen molar-refractivity contribution in [2.24, 2.45) is 0 Å². The first-order valence-electron chi connectivity index (χ1n) is 13.4. The number of likely N-dealkylation sites (N-methyl/N-ethyl adjacent to an activating group) is 1. The molecular formula is C28H31F5N8. The topological polar surface area (TPSA) is 75.0 Å². The number of imidazole rings is 1. The summed E-state index contributed by atoms with van der Waals surface area (Å²) >= 11 is 0. The number of hydrogen-bond donors (Lipinski definition) is 1. The van der Waals surface area contributed by atoms with Crippen LogP contribution < -0.4 is 5.32 Å². The molecule has 0 aliphatic carbocycles. The molecule has 13 heteroatoms. The Bertz CT molecular complexity index is 1530. The molecule has 8 nitrogen and oxygen atoms in total. The molecule has 0 bridgehead atoms. The van der Waals surface area contributed by atoms with E-state index in [1.165, 1.54) is 29.3 Å². The summed E-state index contributed by atoms with van der Waals surface area (Å²) < 4.78 is 73.9. The summed E-state index contributed by atoms with van der Waals surface area (Å²) in [6.07, 6.45) is -2.35. The maximum atomic E-state index is 15.0. The lowest BCUT2D eigenvalue weighted by atomic mass is 10.1. The van der Waals surface area contributed by atoms with Crippen molar-refractivity contribution < 1.29 is 22.0 Å². The number of rotatable bonds is 7. The molecule has 0 spiro atoms. The van der Waals surface area contributed by atoms with Crippen molar-refractivity contribution in [3.05, 3.63) is 59.7 Å². The van der Waals surface area contributed by atoms with Crippen molar-refractivity contribution in [3.63, 3.8) is 0 Å². The number of hydrogen-bond acceptors (Lipinski definition) is 7. The van der Waals surface area contributed by atoms with Crippen LogP contribution in [0, 0.1) is 18.6 Å². The highest BCUT2D eigenvalue weighted by molar-refractivity contribution is 5.83. The largest absolute Gasteiger partial charge is 0.408 e. The van der Waals surface area contributed by atoms with Crippen molar-refractivity contribution in [2.75, 3.05) is 38.0 Å². The first-order chi connectivity index (χ1) is 19.5. The minimum absolute atomic E-state index is 0.00550. The van der Waals surface area contributed by atoms with Crippen LogP contribution in [0.25, 0.3) is 22.3 Å². The van der Waals surface area contributed by atoms with E-state index in [4.69, 9.17) is 0 Å². The Labute approximate surface area is 234 Å². The quantitative estimate of drug-likeness (QED) is 0.270. The maximum absolute atomic E-state index is 15.0. The molecule has 1 N–H and O–H groups in total.